The minimum Gasteiger partial charge on any atom is -0.490 e. The van der Waals surface area contributed by atoms with Crippen molar-refractivity contribution in [3.63, 3.8) is 0 Å². The molecule has 208 valence electrons. The summed E-state index contributed by atoms with van der Waals surface area (Å²) in [5.74, 6) is -0.0927. The summed E-state index contributed by atoms with van der Waals surface area (Å²) >= 11 is 13.0. The van der Waals surface area contributed by atoms with E-state index in [0.717, 1.165) is 20.1 Å². The maximum atomic E-state index is 11.3. The van der Waals surface area contributed by atoms with Crippen LogP contribution in [0.25, 0.3) is 0 Å². The number of esters is 3. The zero-order valence-electron chi connectivity index (χ0n) is 21.8. The molecule has 38 heavy (non-hydrogen) atoms. The van der Waals surface area contributed by atoms with E-state index in [9.17, 15) is 14.4 Å². The molecule has 0 unspecified atom stereocenters. The first-order chi connectivity index (χ1) is 17.8. The van der Waals surface area contributed by atoms with Gasteiger partial charge in [-0.1, -0.05) is 26.0 Å². The SMILES string of the molecule is CC(=O)OC[C@H](COc1ccc(C(C)(C)c2cc(Br)c(OC[C@@H](CCl)OC(C)=O)c(Br)c2)cc1)OC(C)=O. The molecule has 0 aliphatic rings. The van der Waals surface area contributed by atoms with Gasteiger partial charge in [0.15, 0.2) is 6.10 Å². The van der Waals surface area contributed by atoms with E-state index in [1.807, 2.05) is 36.4 Å². The Bertz CT molecular complexity index is 1100. The fourth-order valence-electron chi connectivity index (χ4n) is 3.46. The van der Waals surface area contributed by atoms with E-state index in [4.69, 9.17) is 35.3 Å². The third-order valence-corrected chi connectivity index (χ3v) is 6.98. The number of halogens is 3. The predicted octanol–water partition coefficient (Wildman–Crippen LogP) is 5.96. The summed E-state index contributed by atoms with van der Waals surface area (Å²) in [4.78, 5) is 33.6. The van der Waals surface area contributed by atoms with Gasteiger partial charge in [-0.25, -0.2) is 0 Å². The molecular weight excluding hydrogens is 648 g/mol. The first-order valence-electron chi connectivity index (χ1n) is 11.7. The van der Waals surface area contributed by atoms with Crippen molar-refractivity contribution in [3.8, 4) is 11.5 Å². The van der Waals surface area contributed by atoms with E-state index in [1.165, 1.54) is 20.8 Å². The van der Waals surface area contributed by atoms with E-state index in [-0.39, 0.29) is 31.1 Å². The molecule has 0 saturated carbocycles. The zero-order chi connectivity index (χ0) is 28.5. The molecule has 0 N–H and O–H groups in total. The Kier molecular flexibility index (Phi) is 12.4. The van der Waals surface area contributed by atoms with Crippen molar-refractivity contribution < 1.29 is 38.1 Å². The van der Waals surface area contributed by atoms with Crippen molar-refractivity contribution >= 4 is 61.4 Å². The van der Waals surface area contributed by atoms with Gasteiger partial charge in [0.25, 0.3) is 0 Å². The average Bonchev–Trinajstić information content (AvgIpc) is 2.83. The van der Waals surface area contributed by atoms with Crippen molar-refractivity contribution in [2.45, 2.75) is 52.2 Å². The lowest BCUT2D eigenvalue weighted by molar-refractivity contribution is -0.158. The summed E-state index contributed by atoms with van der Waals surface area (Å²) in [6.45, 7) is 8.16. The fourth-order valence-corrected chi connectivity index (χ4v) is 5.03. The van der Waals surface area contributed by atoms with Crippen LogP contribution in [0.15, 0.2) is 45.3 Å². The summed E-state index contributed by atoms with van der Waals surface area (Å²) < 4.78 is 28.3. The Morgan fingerprint density at radius 2 is 1.32 bits per heavy atom. The van der Waals surface area contributed by atoms with E-state index in [1.54, 1.807) is 0 Å². The van der Waals surface area contributed by atoms with Crippen LogP contribution < -0.4 is 9.47 Å². The molecule has 2 rings (SSSR count). The molecule has 2 aromatic carbocycles. The van der Waals surface area contributed by atoms with Crippen molar-refractivity contribution in [2.24, 2.45) is 0 Å². The molecule has 0 aliphatic heterocycles. The number of carbonyl (C=O) groups excluding carboxylic acids is 3. The Morgan fingerprint density at radius 1 is 0.789 bits per heavy atom. The summed E-state index contributed by atoms with van der Waals surface area (Å²) in [5, 5.41) is 0. The number of benzene rings is 2. The van der Waals surface area contributed by atoms with Gasteiger partial charge in [0, 0.05) is 26.2 Å². The standard InChI is InChI=1S/C27H31Br2ClO8/c1-16(31)34-14-23(38-18(3)33)15-35-21-8-6-19(7-9-21)27(4,5)20-10-24(28)26(25(29)11-20)36-13-22(12-30)37-17(2)32/h6-11,22-23H,12-15H2,1-5H3/t22-,23-/m1/s1. The molecule has 0 heterocycles. The maximum absolute atomic E-state index is 11.3. The third-order valence-electron chi connectivity index (χ3n) is 5.46. The molecule has 11 heteroatoms. The van der Waals surface area contributed by atoms with Gasteiger partial charge in [-0.2, -0.15) is 0 Å². The van der Waals surface area contributed by atoms with Crippen molar-refractivity contribution in [3.05, 3.63) is 56.5 Å². The highest BCUT2D eigenvalue weighted by Gasteiger charge is 2.26. The summed E-state index contributed by atoms with van der Waals surface area (Å²) in [6, 6.07) is 11.5. The molecule has 0 fully saturated rings. The number of carbonyl (C=O) groups is 3. The van der Waals surface area contributed by atoms with Crippen LogP contribution in [0.3, 0.4) is 0 Å². The second-order valence-electron chi connectivity index (χ2n) is 8.96. The van der Waals surface area contributed by atoms with Crippen molar-refractivity contribution in [2.75, 3.05) is 25.7 Å². The highest BCUT2D eigenvalue weighted by Crippen LogP contribution is 2.41. The average molecular weight is 679 g/mol. The first kappa shape index (κ1) is 31.9. The van der Waals surface area contributed by atoms with Crippen LogP contribution >= 0.6 is 43.5 Å². The van der Waals surface area contributed by atoms with Crippen LogP contribution in [0, 0.1) is 0 Å². The number of ether oxygens (including phenoxy) is 5. The Morgan fingerprint density at radius 3 is 1.82 bits per heavy atom. The molecular formula is C27H31Br2ClO8. The molecule has 2 atom stereocenters. The predicted molar refractivity (Wildman–Crippen MR) is 150 cm³/mol. The van der Waals surface area contributed by atoms with Gasteiger partial charge in [0.2, 0.25) is 0 Å². The van der Waals surface area contributed by atoms with Gasteiger partial charge in [-0.3, -0.25) is 14.4 Å². The molecule has 0 aliphatic carbocycles. The third kappa shape index (κ3) is 9.78. The van der Waals surface area contributed by atoms with E-state index >= 15 is 0 Å². The van der Waals surface area contributed by atoms with E-state index in [0.29, 0.717) is 11.5 Å². The van der Waals surface area contributed by atoms with Gasteiger partial charge < -0.3 is 23.7 Å². The monoisotopic (exact) mass is 676 g/mol. The van der Waals surface area contributed by atoms with Crippen molar-refractivity contribution in [1.29, 1.82) is 0 Å². The minimum absolute atomic E-state index is 0.0407. The van der Waals surface area contributed by atoms with E-state index < -0.39 is 30.1 Å². The van der Waals surface area contributed by atoms with Crippen LogP contribution in [0.2, 0.25) is 0 Å². The lowest BCUT2D eigenvalue weighted by Crippen LogP contribution is -2.29. The summed E-state index contributed by atoms with van der Waals surface area (Å²) in [6.07, 6.45) is -1.27. The second-order valence-corrected chi connectivity index (χ2v) is 11.0. The summed E-state index contributed by atoms with van der Waals surface area (Å²) in [5.41, 5.74) is 1.67. The number of rotatable bonds is 13. The van der Waals surface area contributed by atoms with Crippen LogP contribution in [-0.4, -0.2) is 55.8 Å². The topological polar surface area (TPSA) is 97.4 Å². The van der Waals surface area contributed by atoms with Gasteiger partial charge in [0.05, 0.1) is 14.8 Å². The first-order valence-corrected chi connectivity index (χ1v) is 13.8. The normalized spacial score (nSPS) is 12.7. The Labute approximate surface area is 244 Å². The molecule has 8 nitrogen and oxygen atoms in total. The highest BCUT2D eigenvalue weighted by atomic mass is 79.9. The van der Waals surface area contributed by atoms with Gasteiger partial charge in [-0.05, 0) is 67.3 Å². The zero-order valence-corrected chi connectivity index (χ0v) is 25.8. The van der Waals surface area contributed by atoms with Gasteiger partial charge in [-0.15, -0.1) is 11.6 Å². The molecule has 0 radical (unpaired) electrons. The Hall–Kier alpha value is -2.30. The van der Waals surface area contributed by atoms with Crippen LogP contribution in [0.1, 0.15) is 45.7 Å². The smallest absolute Gasteiger partial charge is 0.303 e. The minimum atomic E-state index is -0.711. The molecule has 0 amide bonds. The maximum Gasteiger partial charge on any atom is 0.303 e. The quantitative estimate of drug-likeness (QED) is 0.146. The fraction of sp³-hybridized carbons (Fsp3) is 0.444. The van der Waals surface area contributed by atoms with Crippen LogP contribution in [0.4, 0.5) is 0 Å². The Balaban J connectivity index is 2.12. The number of hydrogen-bond acceptors (Lipinski definition) is 8. The molecule has 0 saturated heterocycles. The lowest BCUT2D eigenvalue weighted by Gasteiger charge is -2.28. The largest absolute Gasteiger partial charge is 0.490 e. The number of hydrogen-bond donors (Lipinski definition) is 0. The lowest BCUT2D eigenvalue weighted by atomic mass is 9.78. The molecule has 2 aromatic rings. The number of alkyl halides is 1. The molecule has 0 spiro atoms. The van der Waals surface area contributed by atoms with Crippen LogP contribution in [-0.2, 0) is 34.0 Å². The molecule has 0 aromatic heterocycles. The highest BCUT2D eigenvalue weighted by molar-refractivity contribution is 9.11. The van der Waals surface area contributed by atoms with Crippen LogP contribution in [0.5, 0.6) is 11.5 Å². The van der Waals surface area contributed by atoms with Gasteiger partial charge >= 0.3 is 17.9 Å². The van der Waals surface area contributed by atoms with E-state index in [2.05, 4.69) is 45.7 Å². The second kappa shape index (κ2) is 14.7. The molecule has 0 bridgehead atoms. The summed E-state index contributed by atoms with van der Waals surface area (Å²) in [7, 11) is 0. The van der Waals surface area contributed by atoms with Gasteiger partial charge in [0.1, 0.15) is 37.4 Å². The van der Waals surface area contributed by atoms with Crippen molar-refractivity contribution in [1.82, 2.24) is 0 Å².